The molecule has 0 spiro atoms. The Hall–Kier alpha value is -2.11. The van der Waals surface area contributed by atoms with E-state index in [-0.39, 0.29) is 0 Å². The molecular weight excluding hydrogens is 376 g/mol. The van der Waals surface area contributed by atoms with Gasteiger partial charge >= 0.3 is 0 Å². The number of rotatable bonds is 5. The third-order valence-corrected chi connectivity index (χ3v) is 7.22. The first kappa shape index (κ1) is 18.9. The van der Waals surface area contributed by atoms with Gasteiger partial charge in [-0.15, -0.1) is 0 Å². The van der Waals surface area contributed by atoms with E-state index in [9.17, 15) is 0 Å². The van der Waals surface area contributed by atoms with Crippen LogP contribution in [-0.4, -0.2) is 29.6 Å². The molecule has 2 aliphatic rings. The summed E-state index contributed by atoms with van der Waals surface area (Å²) >= 11 is 1.81. The number of hydrogen-bond donors (Lipinski definition) is 2. The number of aromatic nitrogens is 2. The van der Waals surface area contributed by atoms with Crippen LogP contribution in [0.4, 0.5) is 5.95 Å². The number of anilines is 1. The van der Waals surface area contributed by atoms with Crippen LogP contribution in [0.25, 0.3) is 10.8 Å². The zero-order chi connectivity index (χ0) is 19.5. The summed E-state index contributed by atoms with van der Waals surface area (Å²) in [6.45, 7) is 3.22. The molecule has 4 nitrogen and oxygen atoms in total. The van der Waals surface area contributed by atoms with Gasteiger partial charge in [-0.05, 0) is 74.4 Å². The third kappa shape index (κ3) is 4.26. The van der Waals surface area contributed by atoms with E-state index in [1.54, 1.807) is 11.8 Å². The summed E-state index contributed by atoms with van der Waals surface area (Å²) in [5.74, 6) is 1.52. The highest BCUT2D eigenvalue weighted by atomic mass is 32.2. The second-order valence-electron chi connectivity index (χ2n) is 8.14. The highest BCUT2D eigenvalue weighted by Gasteiger charge is 2.20. The average molecular weight is 405 g/mol. The van der Waals surface area contributed by atoms with E-state index in [1.165, 1.54) is 52.6 Å². The molecule has 1 aromatic heterocycles. The van der Waals surface area contributed by atoms with Gasteiger partial charge in [0.25, 0.3) is 0 Å². The molecule has 1 saturated heterocycles. The molecule has 2 heterocycles. The van der Waals surface area contributed by atoms with Gasteiger partial charge in [-0.2, -0.15) is 0 Å². The first-order valence-electron chi connectivity index (χ1n) is 10.9. The summed E-state index contributed by atoms with van der Waals surface area (Å²) < 4.78 is 0. The fraction of sp³-hybridized carbons (Fsp3) is 0.417. The van der Waals surface area contributed by atoms with Gasteiger partial charge in [0.15, 0.2) is 0 Å². The van der Waals surface area contributed by atoms with Gasteiger partial charge in [-0.3, -0.25) is 0 Å². The fourth-order valence-electron chi connectivity index (χ4n) is 4.43. The SMILES string of the molecule is c1ccc2c(Sc3nc(NCC4CCNCC4)nc4c3CCCC4)cccc2c1. The van der Waals surface area contributed by atoms with E-state index in [0.717, 1.165) is 43.5 Å². The summed E-state index contributed by atoms with van der Waals surface area (Å²) in [6.07, 6.45) is 7.10. The Balaban J connectivity index is 1.44. The fourth-order valence-corrected chi connectivity index (χ4v) is 5.56. The third-order valence-electron chi connectivity index (χ3n) is 6.11. The largest absolute Gasteiger partial charge is 0.354 e. The van der Waals surface area contributed by atoms with Crippen LogP contribution in [0, 0.1) is 5.92 Å². The molecule has 1 aliphatic heterocycles. The maximum absolute atomic E-state index is 5.00. The minimum absolute atomic E-state index is 0.713. The summed E-state index contributed by atoms with van der Waals surface area (Å²) in [7, 11) is 0. The number of nitrogens with zero attached hydrogens (tertiary/aromatic N) is 2. The Bertz CT molecular complexity index is 992. The van der Waals surface area contributed by atoms with Gasteiger partial charge in [-0.25, -0.2) is 9.97 Å². The molecule has 29 heavy (non-hydrogen) atoms. The van der Waals surface area contributed by atoms with Crippen molar-refractivity contribution in [1.82, 2.24) is 15.3 Å². The lowest BCUT2D eigenvalue weighted by Crippen LogP contribution is -2.31. The van der Waals surface area contributed by atoms with Crippen LogP contribution in [-0.2, 0) is 12.8 Å². The molecule has 0 saturated carbocycles. The molecule has 3 aromatic rings. The smallest absolute Gasteiger partial charge is 0.224 e. The number of fused-ring (bicyclic) bond motifs is 2. The second kappa shape index (κ2) is 8.72. The van der Waals surface area contributed by atoms with Crippen molar-refractivity contribution in [3.05, 3.63) is 53.7 Å². The normalized spacial score (nSPS) is 17.2. The lowest BCUT2D eigenvalue weighted by molar-refractivity contribution is 0.389. The number of hydrogen-bond acceptors (Lipinski definition) is 5. The maximum Gasteiger partial charge on any atom is 0.224 e. The molecule has 0 radical (unpaired) electrons. The predicted octanol–water partition coefficient (Wildman–Crippen LogP) is 5.07. The number of piperidine rings is 1. The van der Waals surface area contributed by atoms with Crippen LogP contribution >= 0.6 is 11.8 Å². The van der Waals surface area contributed by atoms with Crippen LogP contribution < -0.4 is 10.6 Å². The first-order chi connectivity index (χ1) is 14.4. The Morgan fingerprint density at radius 3 is 2.72 bits per heavy atom. The Labute approximate surface area is 176 Å². The molecule has 0 unspecified atom stereocenters. The van der Waals surface area contributed by atoms with E-state index in [4.69, 9.17) is 9.97 Å². The summed E-state index contributed by atoms with van der Waals surface area (Å²) in [5, 5.41) is 10.7. The quantitative estimate of drug-likeness (QED) is 0.581. The van der Waals surface area contributed by atoms with Crippen molar-refractivity contribution in [2.45, 2.75) is 48.4 Å². The van der Waals surface area contributed by atoms with Crippen molar-refractivity contribution >= 4 is 28.5 Å². The highest BCUT2D eigenvalue weighted by molar-refractivity contribution is 7.99. The van der Waals surface area contributed by atoms with Crippen LogP contribution in [0.15, 0.2) is 52.4 Å². The van der Waals surface area contributed by atoms with Crippen molar-refractivity contribution < 1.29 is 0 Å². The Kier molecular flexibility index (Phi) is 5.68. The molecule has 1 fully saturated rings. The minimum atomic E-state index is 0.713. The second-order valence-corrected chi connectivity index (χ2v) is 9.17. The standard InChI is InChI=1S/C24H28N4S/c1-2-8-19-18(6-1)7-5-11-22(19)29-23-20-9-3-4-10-21(20)27-24(28-23)26-16-17-12-14-25-15-13-17/h1-2,5-8,11,17,25H,3-4,9-10,12-16H2,(H,26,27,28). The van der Waals surface area contributed by atoms with E-state index < -0.39 is 0 Å². The van der Waals surface area contributed by atoms with Crippen molar-refractivity contribution in [3.63, 3.8) is 0 Å². The molecule has 0 amide bonds. The zero-order valence-corrected chi connectivity index (χ0v) is 17.6. The van der Waals surface area contributed by atoms with Gasteiger partial charge in [-0.1, -0.05) is 48.2 Å². The van der Waals surface area contributed by atoms with E-state index >= 15 is 0 Å². The highest BCUT2D eigenvalue weighted by Crippen LogP contribution is 2.37. The monoisotopic (exact) mass is 404 g/mol. The van der Waals surface area contributed by atoms with Gasteiger partial charge in [0.1, 0.15) is 5.03 Å². The lowest BCUT2D eigenvalue weighted by Gasteiger charge is -2.24. The van der Waals surface area contributed by atoms with Crippen LogP contribution in [0.3, 0.4) is 0 Å². The van der Waals surface area contributed by atoms with Gasteiger partial charge in [0.05, 0.1) is 5.69 Å². The molecule has 2 N–H and O–H groups in total. The molecule has 5 rings (SSSR count). The topological polar surface area (TPSA) is 49.8 Å². The zero-order valence-electron chi connectivity index (χ0n) is 16.8. The Morgan fingerprint density at radius 1 is 0.966 bits per heavy atom. The van der Waals surface area contributed by atoms with Crippen molar-refractivity contribution in [1.29, 1.82) is 0 Å². The van der Waals surface area contributed by atoms with E-state index in [2.05, 4.69) is 53.1 Å². The Morgan fingerprint density at radius 2 is 1.79 bits per heavy atom. The van der Waals surface area contributed by atoms with Crippen LogP contribution in [0.5, 0.6) is 0 Å². The van der Waals surface area contributed by atoms with Crippen LogP contribution in [0.2, 0.25) is 0 Å². The van der Waals surface area contributed by atoms with Gasteiger partial charge in [0.2, 0.25) is 5.95 Å². The van der Waals surface area contributed by atoms with Gasteiger partial charge < -0.3 is 10.6 Å². The van der Waals surface area contributed by atoms with Gasteiger partial charge in [0, 0.05) is 17.0 Å². The van der Waals surface area contributed by atoms with Crippen LogP contribution in [0.1, 0.15) is 36.9 Å². The average Bonchev–Trinajstić information content (AvgIpc) is 2.79. The van der Waals surface area contributed by atoms with Crippen molar-refractivity contribution in [3.8, 4) is 0 Å². The molecule has 1 aliphatic carbocycles. The molecular formula is C24H28N4S. The maximum atomic E-state index is 5.00. The molecule has 2 aromatic carbocycles. The first-order valence-corrected chi connectivity index (χ1v) is 11.7. The molecule has 5 heteroatoms. The van der Waals surface area contributed by atoms with E-state index in [0.29, 0.717) is 5.92 Å². The number of aryl methyl sites for hydroxylation is 1. The summed E-state index contributed by atoms with van der Waals surface area (Å²) in [6, 6.07) is 15.2. The summed E-state index contributed by atoms with van der Waals surface area (Å²) in [5.41, 5.74) is 2.61. The van der Waals surface area contributed by atoms with Crippen molar-refractivity contribution in [2.24, 2.45) is 5.92 Å². The number of nitrogens with one attached hydrogen (secondary N) is 2. The molecule has 0 bridgehead atoms. The van der Waals surface area contributed by atoms with Crippen molar-refractivity contribution in [2.75, 3.05) is 25.0 Å². The predicted molar refractivity (Wildman–Crippen MR) is 121 cm³/mol. The lowest BCUT2D eigenvalue weighted by atomic mass is 9.97. The summed E-state index contributed by atoms with van der Waals surface area (Å²) in [4.78, 5) is 11.2. The van der Waals surface area contributed by atoms with E-state index in [1.807, 2.05) is 0 Å². The molecule has 150 valence electrons. The molecule has 0 atom stereocenters. The number of benzene rings is 2. The minimum Gasteiger partial charge on any atom is -0.354 e.